The molecule has 0 saturated heterocycles. The number of benzene rings is 1. The lowest BCUT2D eigenvalue weighted by Gasteiger charge is -2.11. The Labute approximate surface area is 168 Å². The number of amides is 2. The van der Waals surface area contributed by atoms with Crippen molar-refractivity contribution in [1.82, 2.24) is 15.4 Å². The van der Waals surface area contributed by atoms with Crippen molar-refractivity contribution < 1.29 is 19.1 Å². The van der Waals surface area contributed by atoms with Gasteiger partial charge in [-0.3, -0.25) is 20.4 Å². The molecule has 2 aromatic rings. The molecule has 0 aliphatic carbocycles. The van der Waals surface area contributed by atoms with E-state index in [1.165, 1.54) is 11.8 Å². The van der Waals surface area contributed by atoms with Crippen molar-refractivity contribution in [3.63, 3.8) is 0 Å². The Bertz CT molecular complexity index is 859. The summed E-state index contributed by atoms with van der Waals surface area (Å²) in [5.74, 6) is -0.903. The van der Waals surface area contributed by atoms with E-state index in [-0.39, 0.29) is 30.7 Å². The fourth-order valence-corrected chi connectivity index (χ4v) is 3.30. The zero-order valence-electron chi connectivity index (χ0n) is 16.5. The number of hydrazine groups is 1. The van der Waals surface area contributed by atoms with Crippen LogP contribution >= 0.6 is 11.8 Å². The standard InChI is InChI=1S/C20H25N3O4S/c1-5-27-20(26)17-10-14(3)23(15(17)4)11-18(24)21-22-19(25)12-28-16-8-6-13(2)7-9-16/h6-10H,5,11-12H2,1-4H3,(H,21,24)(H,22,25). The summed E-state index contributed by atoms with van der Waals surface area (Å²) in [6.45, 7) is 7.58. The van der Waals surface area contributed by atoms with Crippen molar-refractivity contribution in [1.29, 1.82) is 0 Å². The Hall–Kier alpha value is -2.74. The van der Waals surface area contributed by atoms with Gasteiger partial charge in [0.15, 0.2) is 0 Å². The molecule has 0 spiro atoms. The third-order valence-corrected chi connectivity index (χ3v) is 5.11. The monoisotopic (exact) mass is 403 g/mol. The van der Waals surface area contributed by atoms with Gasteiger partial charge < -0.3 is 9.30 Å². The molecular weight excluding hydrogens is 378 g/mol. The van der Waals surface area contributed by atoms with E-state index in [1.54, 1.807) is 31.4 Å². The highest BCUT2D eigenvalue weighted by molar-refractivity contribution is 8.00. The van der Waals surface area contributed by atoms with Crippen LogP contribution in [0.1, 0.15) is 34.2 Å². The third-order valence-electron chi connectivity index (χ3n) is 4.10. The Kier molecular flexibility index (Phi) is 7.69. The largest absolute Gasteiger partial charge is 0.462 e. The number of hydrogen-bond acceptors (Lipinski definition) is 5. The molecule has 1 heterocycles. The lowest BCUT2D eigenvalue weighted by atomic mass is 10.2. The Morgan fingerprint density at radius 1 is 1.04 bits per heavy atom. The van der Waals surface area contributed by atoms with Crippen LogP contribution in [0.5, 0.6) is 0 Å². The number of ether oxygens (including phenoxy) is 1. The van der Waals surface area contributed by atoms with Crippen LogP contribution in [-0.4, -0.2) is 34.7 Å². The van der Waals surface area contributed by atoms with Crippen LogP contribution in [0.25, 0.3) is 0 Å². The number of carbonyl (C=O) groups is 3. The number of thioether (sulfide) groups is 1. The molecule has 150 valence electrons. The maximum absolute atomic E-state index is 12.2. The van der Waals surface area contributed by atoms with Crippen molar-refractivity contribution in [2.75, 3.05) is 12.4 Å². The summed E-state index contributed by atoms with van der Waals surface area (Å²) < 4.78 is 6.72. The van der Waals surface area contributed by atoms with E-state index in [0.29, 0.717) is 11.3 Å². The molecule has 0 aliphatic rings. The van der Waals surface area contributed by atoms with Crippen LogP contribution in [0.3, 0.4) is 0 Å². The average molecular weight is 404 g/mol. The van der Waals surface area contributed by atoms with Crippen molar-refractivity contribution >= 4 is 29.5 Å². The second-order valence-electron chi connectivity index (χ2n) is 6.29. The zero-order valence-corrected chi connectivity index (χ0v) is 17.3. The van der Waals surface area contributed by atoms with Crippen molar-refractivity contribution in [2.45, 2.75) is 39.1 Å². The first kappa shape index (κ1) is 21.6. The van der Waals surface area contributed by atoms with Crippen molar-refractivity contribution in [3.05, 3.63) is 52.8 Å². The van der Waals surface area contributed by atoms with Crippen LogP contribution in [0.15, 0.2) is 35.2 Å². The van der Waals surface area contributed by atoms with Crippen molar-refractivity contribution in [2.24, 2.45) is 0 Å². The maximum Gasteiger partial charge on any atom is 0.339 e. The predicted molar refractivity (Wildman–Crippen MR) is 108 cm³/mol. The molecule has 0 fully saturated rings. The van der Waals surface area contributed by atoms with Crippen molar-refractivity contribution in [3.8, 4) is 0 Å². The normalized spacial score (nSPS) is 10.4. The second-order valence-corrected chi connectivity index (χ2v) is 7.34. The lowest BCUT2D eigenvalue weighted by Crippen LogP contribution is -2.44. The highest BCUT2D eigenvalue weighted by Gasteiger charge is 2.18. The first-order valence-electron chi connectivity index (χ1n) is 8.92. The van der Waals surface area contributed by atoms with Gasteiger partial charge in [0.05, 0.1) is 17.9 Å². The van der Waals surface area contributed by atoms with E-state index in [9.17, 15) is 14.4 Å². The Balaban J connectivity index is 1.84. The van der Waals surface area contributed by atoms with Crippen LogP contribution in [0, 0.1) is 20.8 Å². The first-order chi connectivity index (χ1) is 13.3. The topological polar surface area (TPSA) is 89.4 Å². The number of rotatable bonds is 7. The number of aromatic nitrogens is 1. The third kappa shape index (κ3) is 5.88. The van der Waals surface area contributed by atoms with E-state index >= 15 is 0 Å². The summed E-state index contributed by atoms with van der Waals surface area (Å²) in [5.41, 5.74) is 7.81. The zero-order chi connectivity index (χ0) is 20.7. The molecule has 2 rings (SSSR count). The molecule has 28 heavy (non-hydrogen) atoms. The molecular formula is C20H25N3O4S. The summed E-state index contributed by atoms with van der Waals surface area (Å²) >= 11 is 1.39. The van der Waals surface area contributed by atoms with Crippen LogP contribution in [-0.2, 0) is 20.9 Å². The van der Waals surface area contributed by atoms with Gasteiger partial charge in [-0.05, 0) is 45.9 Å². The van der Waals surface area contributed by atoms with Crippen LogP contribution in [0.2, 0.25) is 0 Å². The quantitative estimate of drug-likeness (QED) is 0.421. The highest BCUT2D eigenvalue weighted by atomic mass is 32.2. The van der Waals surface area contributed by atoms with E-state index < -0.39 is 5.97 Å². The fourth-order valence-electron chi connectivity index (χ4n) is 2.60. The smallest absolute Gasteiger partial charge is 0.339 e. The molecule has 0 saturated carbocycles. The van der Waals surface area contributed by atoms with Crippen LogP contribution in [0.4, 0.5) is 0 Å². The number of carbonyl (C=O) groups excluding carboxylic acids is 3. The molecule has 2 amide bonds. The summed E-state index contributed by atoms with van der Waals surface area (Å²) in [7, 11) is 0. The number of aryl methyl sites for hydroxylation is 2. The number of nitrogens with zero attached hydrogens (tertiary/aromatic N) is 1. The number of esters is 1. The first-order valence-corrected chi connectivity index (χ1v) is 9.91. The molecule has 0 bridgehead atoms. The van der Waals surface area contributed by atoms with Crippen LogP contribution < -0.4 is 10.9 Å². The molecule has 0 radical (unpaired) electrons. The van der Waals surface area contributed by atoms with Gasteiger partial charge in [-0.1, -0.05) is 17.7 Å². The summed E-state index contributed by atoms with van der Waals surface area (Å²) in [5, 5.41) is 0. The van der Waals surface area contributed by atoms with Gasteiger partial charge in [0.2, 0.25) is 5.91 Å². The predicted octanol–water partition coefficient (Wildman–Crippen LogP) is 2.53. The molecule has 0 aliphatic heterocycles. The molecule has 1 aromatic heterocycles. The van der Waals surface area contributed by atoms with Gasteiger partial charge in [-0.2, -0.15) is 0 Å². The van der Waals surface area contributed by atoms with Gasteiger partial charge >= 0.3 is 5.97 Å². The molecule has 7 nitrogen and oxygen atoms in total. The minimum absolute atomic E-state index is 0.0115. The Morgan fingerprint density at radius 3 is 2.32 bits per heavy atom. The summed E-state index contributed by atoms with van der Waals surface area (Å²) in [6.07, 6.45) is 0. The SMILES string of the molecule is CCOC(=O)c1cc(C)n(CC(=O)NNC(=O)CSc2ccc(C)cc2)c1C. The highest BCUT2D eigenvalue weighted by Crippen LogP contribution is 2.18. The van der Waals surface area contributed by atoms with Gasteiger partial charge in [-0.15, -0.1) is 11.8 Å². The minimum atomic E-state index is -0.413. The van der Waals surface area contributed by atoms with Gasteiger partial charge in [-0.25, -0.2) is 4.79 Å². The molecule has 0 unspecified atom stereocenters. The van der Waals surface area contributed by atoms with Gasteiger partial charge in [0, 0.05) is 16.3 Å². The maximum atomic E-state index is 12.2. The average Bonchev–Trinajstić information content (AvgIpc) is 2.94. The van der Waals surface area contributed by atoms with E-state index in [2.05, 4.69) is 10.9 Å². The molecule has 2 N–H and O–H groups in total. The molecule has 8 heteroatoms. The van der Waals surface area contributed by atoms with Gasteiger partial charge in [0.1, 0.15) is 6.54 Å². The Morgan fingerprint density at radius 2 is 1.68 bits per heavy atom. The molecule has 1 aromatic carbocycles. The fraction of sp³-hybridized carbons (Fsp3) is 0.350. The lowest BCUT2D eigenvalue weighted by molar-refractivity contribution is -0.128. The molecule has 0 atom stereocenters. The number of nitrogens with one attached hydrogen (secondary N) is 2. The van der Waals surface area contributed by atoms with E-state index in [0.717, 1.165) is 16.2 Å². The minimum Gasteiger partial charge on any atom is -0.462 e. The number of hydrogen-bond donors (Lipinski definition) is 2. The van der Waals surface area contributed by atoms with Gasteiger partial charge in [0.25, 0.3) is 5.91 Å². The van der Waals surface area contributed by atoms with E-state index in [4.69, 9.17) is 4.74 Å². The second kappa shape index (κ2) is 9.98. The van der Waals surface area contributed by atoms with E-state index in [1.807, 2.05) is 31.2 Å². The summed E-state index contributed by atoms with van der Waals surface area (Å²) in [6, 6.07) is 9.55. The summed E-state index contributed by atoms with van der Waals surface area (Å²) in [4.78, 5) is 37.0.